The molecule has 0 radical (unpaired) electrons. The van der Waals surface area contributed by atoms with Gasteiger partial charge >= 0.3 is 0 Å². The summed E-state index contributed by atoms with van der Waals surface area (Å²) in [7, 11) is 0. The lowest BCUT2D eigenvalue weighted by Gasteiger charge is -2.13. The van der Waals surface area contributed by atoms with Gasteiger partial charge in [0, 0.05) is 18.9 Å². The van der Waals surface area contributed by atoms with Crippen molar-refractivity contribution in [3.05, 3.63) is 18.7 Å². The van der Waals surface area contributed by atoms with Crippen LogP contribution >= 0.6 is 0 Å². The molecule has 1 unspecified atom stereocenters. The van der Waals surface area contributed by atoms with Crippen LogP contribution in [-0.4, -0.2) is 22.6 Å². The first-order valence-corrected chi connectivity index (χ1v) is 5.11. The molecule has 2 heterocycles. The lowest BCUT2D eigenvalue weighted by Crippen LogP contribution is -2.15. The van der Waals surface area contributed by atoms with Crippen LogP contribution in [0.5, 0.6) is 0 Å². The molecule has 2 rings (SSSR count). The number of rotatable bonds is 2. The molecule has 0 saturated carbocycles. The van der Waals surface area contributed by atoms with Gasteiger partial charge in [0.1, 0.15) is 0 Å². The van der Waals surface area contributed by atoms with Crippen molar-refractivity contribution in [1.29, 1.82) is 0 Å². The highest BCUT2D eigenvalue weighted by molar-refractivity contribution is 4.77. The molecule has 13 heavy (non-hydrogen) atoms. The van der Waals surface area contributed by atoms with Crippen LogP contribution in [0.2, 0.25) is 0 Å². The summed E-state index contributed by atoms with van der Waals surface area (Å²) in [6.45, 7) is 3.52. The van der Waals surface area contributed by atoms with Crippen molar-refractivity contribution in [2.45, 2.75) is 25.8 Å². The van der Waals surface area contributed by atoms with E-state index in [0.717, 1.165) is 12.5 Å². The summed E-state index contributed by atoms with van der Waals surface area (Å²) in [5.41, 5.74) is 0. The van der Waals surface area contributed by atoms with Gasteiger partial charge in [-0.2, -0.15) is 0 Å². The topological polar surface area (TPSA) is 29.9 Å². The lowest BCUT2D eigenvalue weighted by molar-refractivity contribution is 0.404. The number of imidazole rings is 1. The van der Waals surface area contributed by atoms with Gasteiger partial charge in [-0.3, -0.25) is 0 Å². The van der Waals surface area contributed by atoms with Crippen molar-refractivity contribution >= 4 is 0 Å². The van der Waals surface area contributed by atoms with Gasteiger partial charge in [-0.05, 0) is 38.3 Å². The Morgan fingerprint density at radius 3 is 3.23 bits per heavy atom. The predicted octanol–water partition coefficient (Wildman–Crippen LogP) is 1.27. The molecular formula is C10H17N3. The van der Waals surface area contributed by atoms with Gasteiger partial charge in [-0.25, -0.2) is 4.98 Å². The highest BCUT2D eigenvalue weighted by Gasteiger charge is 2.11. The zero-order chi connectivity index (χ0) is 8.93. The average molecular weight is 179 g/mol. The van der Waals surface area contributed by atoms with E-state index < -0.39 is 0 Å². The van der Waals surface area contributed by atoms with E-state index in [1.165, 1.54) is 32.4 Å². The second-order valence-electron chi connectivity index (χ2n) is 3.81. The summed E-state index contributed by atoms with van der Waals surface area (Å²) < 4.78 is 2.19. The maximum Gasteiger partial charge on any atom is 0.0945 e. The van der Waals surface area contributed by atoms with Gasteiger partial charge in [0.2, 0.25) is 0 Å². The molecule has 0 aromatic carbocycles. The van der Waals surface area contributed by atoms with Crippen LogP contribution in [0.25, 0.3) is 0 Å². The molecule has 0 aliphatic carbocycles. The van der Waals surface area contributed by atoms with Crippen molar-refractivity contribution < 1.29 is 0 Å². The summed E-state index contributed by atoms with van der Waals surface area (Å²) >= 11 is 0. The number of hydrogen-bond acceptors (Lipinski definition) is 2. The maximum atomic E-state index is 4.06. The van der Waals surface area contributed by atoms with Crippen LogP contribution < -0.4 is 5.32 Å². The highest BCUT2D eigenvalue weighted by atomic mass is 15.0. The van der Waals surface area contributed by atoms with E-state index in [0.29, 0.717) is 0 Å². The Hall–Kier alpha value is -0.830. The third kappa shape index (κ3) is 2.56. The smallest absolute Gasteiger partial charge is 0.0945 e. The van der Waals surface area contributed by atoms with E-state index >= 15 is 0 Å². The molecule has 1 fully saturated rings. The summed E-state index contributed by atoms with van der Waals surface area (Å²) in [5, 5.41) is 3.43. The molecule has 1 aliphatic rings. The second-order valence-corrected chi connectivity index (χ2v) is 3.81. The van der Waals surface area contributed by atoms with Crippen LogP contribution in [0.1, 0.15) is 19.3 Å². The standard InChI is InChI=1S/C10H17N3/c1-2-10(3-5-11-4-1)8-13-7-6-12-9-13/h6-7,9-11H,1-5,8H2. The Bertz CT molecular complexity index is 222. The van der Waals surface area contributed by atoms with Gasteiger partial charge < -0.3 is 9.88 Å². The van der Waals surface area contributed by atoms with E-state index in [4.69, 9.17) is 0 Å². The van der Waals surface area contributed by atoms with Gasteiger partial charge in [-0.1, -0.05) is 0 Å². The Morgan fingerprint density at radius 2 is 2.38 bits per heavy atom. The lowest BCUT2D eigenvalue weighted by atomic mass is 10.0. The van der Waals surface area contributed by atoms with Crippen LogP contribution in [-0.2, 0) is 6.54 Å². The molecule has 0 spiro atoms. The second kappa shape index (κ2) is 4.42. The quantitative estimate of drug-likeness (QED) is 0.741. The van der Waals surface area contributed by atoms with Crippen LogP contribution in [0.15, 0.2) is 18.7 Å². The zero-order valence-corrected chi connectivity index (χ0v) is 7.95. The maximum absolute atomic E-state index is 4.06. The van der Waals surface area contributed by atoms with Gasteiger partial charge in [0.25, 0.3) is 0 Å². The van der Waals surface area contributed by atoms with Crippen LogP contribution in [0.3, 0.4) is 0 Å². The fourth-order valence-electron chi connectivity index (χ4n) is 1.97. The van der Waals surface area contributed by atoms with Crippen LogP contribution in [0, 0.1) is 5.92 Å². The minimum absolute atomic E-state index is 0.837. The summed E-state index contributed by atoms with van der Waals surface area (Å²) in [6.07, 6.45) is 9.80. The van der Waals surface area contributed by atoms with E-state index in [9.17, 15) is 0 Å². The largest absolute Gasteiger partial charge is 0.337 e. The van der Waals surface area contributed by atoms with Crippen molar-refractivity contribution in [3.8, 4) is 0 Å². The average Bonchev–Trinajstić information content (AvgIpc) is 2.49. The van der Waals surface area contributed by atoms with E-state index in [1.54, 1.807) is 0 Å². The zero-order valence-electron chi connectivity index (χ0n) is 7.95. The highest BCUT2D eigenvalue weighted by Crippen LogP contribution is 2.15. The number of nitrogens with one attached hydrogen (secondary N) is 1. The Kier molecular flexibility index (Phi) is 2.98. The summed E-state index contributed by atoms with van der Waals surface area (Å²) in [6, 6.07) is 0. The minimum Gasteiger partial charge on any atom is -0.337 e. The molecule has 1 atom stereocenters. The monoisotopic (exact) mass is 179 g/mol. The van der Waals surface area contributed by atoms with Crippen molar-refractivity contribution in [1.82, 2.24) is 14.9 Å². The number of nitrogens with zero attached hydrogens (tertiary/aromatic N) is 2. The first-order chi connectivity index (χ1) is 6.45. The molecular weight excluding hydrogens is 162 g/mol. The summed E-state index contributed by atoms with van der Waals surface area (Å²) in [5.74, 6) is 0.837. The summed E-state index contributed by atoms with van der Waals surface area (Å²) in [4.78, 5) is 4.06. The molecule has 72 valence electrons. The predicted molar refractivity (Wildman–Crippen MR) is 52.4 cm³/mol. The van der Waals surface area contributed by atoms with Crippen LogP contribution in [0.4, 0.5) is 0 Å². The molecule has 1 aromatic rings. The van der Waals surface area contributed by atoms with E-state index in [2.05, 4.69) is 21.1 Å². The first-order valence-electron chi connectivity index (χ1n) is 5.11. The van der Waals surface area contributed by atoms with Gasteiger partial charge in [-0.15, -0.1) is 0 Å². The van der Waals surface area contributed by atoms with Crippen molar-refractivity contribution in [3.63, 3.8) is 0 Å². The number of hydrogen-bond donors (Lipinski definition) is 1. The molecule has 1 aliphatic heterocycles. The molecule has 0 amide bonds. The molecule has 0 bridgehead atoms. The molecule has 3 nitrogen and oxygen atoms in total. The Balaban J connectivity index is 1.86. The van der Waals surface area contributed by atoms with E-state index in [-0.39, 0.29) is 0 Å². The number of aromatic nitrogens is 2. The fourth-order valence-corrected chi connectivity index (χ4v) is 1.97. The van der Waals surface area contributed by atoms with Gasteiger partial charge in [0.05, 0.1) is 6.33 Å². The fraction of sp³-hybridized carbons (Fsp3) is 0.700. The Labute approximate surface area is 79.2 Å². The molecule has 1 saturated heterocycles. The van der Waals surface area contributed by atoms with E-state index in [1.807, 2.05) is 12.5 Å². The van der Waals surface area contributed by atoms with Crippen molar-refractivity contribution in [2.24, 2.45) is 5.92 Å². The SMILES string of the molecule is c1cn(CC2CCCNCC2)cn1. The van der Waals surface area contributed by atoms with Gasteiger partial charge in [0.15, 0.2) is 0 Å². The Morgan fingerprint density at radius 1 is 1.38 bits per heavy atom. The molecule has 3 heteroatoms. The van der Waals surface area contributed by atoms with Crippen molar-refractivity contribution in [2.75, 3.05) is 13.1 Å². The third-order valence-corrected chi connectivity index (χ3v) is 2.72. The minimum atomic E-state index is 0.837. The third-order valence-electron chi connectivity index (χ3n) is 2.72. The first kappa shape index (κ1) is 8.75. The molecule has 1 aromatic heterocycles. The normalized spacial score (nSPS) is 24.2. The molecule has 1 N–H and O–H groups in total.